The van der Waals surface area contributed by atoms with E-state index in [1.807, 2.05) is 28.1 Å². The minimum Gasteiger partial charge on any atom is -0.462 e. The molecule has 0 aliphatic carbocycles. The number of ether oxygens (including phenoxy) is 2. The summed E-state index contributed by atoms with van der Waals surface area (Å²) in [7, 11) is 1.46. The molecule has 10 heteroatoms. The molecule has 0 aromatic rings. The molecule has 0 amide bonds. The number of phosphoric ester groups is 1. The third-order valence-corrected chi connectivity index (χ3v) is 6.51. The third kappa shape index (κ3) is 24.8. The highest BCUT2D eigenvalue weighted by molar-refractivity contribution is 7.47. The zero-order valence-corrected chi connectivity index (χ0v) is 24.8. The monoisotopic (exact) mass is 550 g/mol. The van der Waals surface area contributed by atoms with Crippen LogP contribution in [0.1, 0.15) is 97.3 Å². The molecular formula is C27H53NO8P+. The number of carbonyl (C=O) groups excluding carboxylic acids is 2. The summed E-state index contributed by atoms with van der Waals surface area (Å²) in [5.74, 6) is -0.845. The van der Waals surface area contributed by atoms with E-state index in [2.05, 4.69) is 19.1 Å². The van der Waals surface area contributed by atoms with E-state index < -0.39 is 32.5 Å². The van der Waals surface area contributed by atoms with E-state index in [0.717, 1.165) is 57.8 Å². The van der Waals surface area contributed by atoms with Gasteiger partial charge < -0.3 is 18.9 Å². The summed E-state index contributed by atoms with van der Waals surface area (Å²) < 4.78 is 33.5. The van der Waals surface area contributed by atoms with Gasteiger partial charge in [-0.1, -0.05) is 64.5 Å². The molecule has 218 valence electrons. The maximum Gasteiger partial charge on any atom is 0.472 e. The molecule has 0 heterocycles. The smallest absolute Gasteiger partial charge is 0.462 e. The number of hydrogen-bond donors (Lipinski definition) is 1. The Morgan fingerprint density at radius 2 is 1.43 bits per heavy atom. The molecule has 0 aliphatic heterocycles. The Labute approximate surface area is 225 Å². The lowest BCUT2D eigenvalue weighted by molar-refractivity contribution is -0.870. The Bertz CT molecular complexity index is 678. The lowest BCUT2D eigenvalue weighted by atomic mass is 10.1. The van der Waals surface area contributed by atoms with Gasteiger partial charge in [0.1, 0.15) is 19.8 Å². The predicted octanol–water partition coefficient (Wildman–Crippen LogP) is 5.95. The van der Waals surface area contributed by atoms with Crippen molar-refractivity contribution in [1.82, 2.24) is 0 Å². The Balaban J connectivity index is 4.52. The van der Waals surface area contributed by atoms with Gasteiger partial charge in [0.25, 0.3) is 0 Å². The lowest BCUT2D eigenvalue weighted by Gasteiger charge is -2.24. The quantitative estimate of drug-likeness (QED) is 0.0517. The predicted molar refractivity (Wildman–Crippen MR) is 146 cm³/mol. The zero-order chi connectivity index (χ0) is 28.0. The molecule has 0 radical (unpaired) electrons. The van der Waals surface area contributed by atoms with Crippen LogP contribution < -0.4 is 0 Å². The summed E-state index contributed by atoms with van der Waals surface area (Å²) >= 11 is 0. The number of likely N-dealkylation sites (N-methyl/N-ethyl adjacent to an activating group) is 1. The van der Waals surface area contributed by atoms with Crippen molar-refractivity contribution >= 4 is 19.8 Å². The SMILES string of the molecule is CCC/C=C\CCCCCCCC(=O)O[C@@H](COC(=O)CCCCC)COP(=O)(O)OCC[N+](C)(C)C. The molecule has 0 rings (SSSR count). The molecule has 37 heavy (non-hydrogen) atoms. The van der Waals surface area contributed by atoms with Gasteiger partial charge in [-0.25, -0.2) is 4.57 Å². The van der Waals surface area contributed by atoms with Gasteiger partial charge in [-0.3, -0.25) is 18.6 Å². The highest BCUT2D eigenvalue weighted by Gasteiger charge is 2.27. The minimum absolute atomic E-state index is 0.0309. The van der Waals surface area contributed by atoms with Gasteiger partial charge in [0.05, 0.1) is 27.7 Å². The van der Waals surface area contributed by atoms with Gasteiger partial charge in [0.2, 0.25) is 0 Å². The van der Waals surface area contributed by atoms with Gasteiger partial charge in [-0.15, -0.1) is 0 Å². The first-order chi connectivity index (χ1) is 17.5. The number of phosphoric acid groups is 1. The topological polar surface area (TPSA) is 108 Å². The van der Waals surface area contributed by atoms with Crippen molar-refractivity contribution in [3.05, 3.63) is 12.2 Å². The first kappa shape index (κ1) is 35.8. The third-order valence-electron chi connectivity index (χ3n) is 5.53. The molecule has 2 atom stereocenters. The Morgan fingerprint density at radius 1 is 0.811 bits per heavy atom. The van der Waals surface area contributed by atoms with Crippen LogP contribution in [0, 0.1) is 0 Å². The van der Waals surface area contributed by atoms with Gasteiger partial charge >= 0.3 is 19.8 Å². The number of unbranched alkanes of at least 4 members (excludes halogenated alkanes) is 8. The molecule has 0 aliphatic rings. The van der Waals surface area contributed by atoms with Crippen molar-refractivity contribution in [1.29, 1.82) is 0 Å². The summed E-state index contributed by atoms with van der Waals surface area (Å²) in [6.07, 6.45) is 14.9. The van der Waals surface area contributed by atoms with E-state index in [0.29, 0.717) is 17.4 Å². The highest BCUT2D eigenvalue weighted by atomic mass is 31.2. The first-order valence-electron chi connectivity index (χ1n) is 13.9. The fourth-order valence-corrected chi connectivity index (χ4v) is 3.99. The Hall–Kier alpha value is -1.25. The number of quaternary nitrogens is 1. The van der Waals surface area contributed by atoms with Crippen LogP contribution in [0.2, 0.25) is 0 Å². The van der Waals surface area contributed by atoms with Crippen molar-refractivity contribution in [3.8, 4) is 0 Å². The van der Waals surface area contributed by atoms with Crippen LogP contribution in [-0.2, 0) is 32.7 Å². The Morgan fingerprint density at radius 3 is 2.11 bits per heavy atom. The number of rotatable bonds is 24. The van der Waals surface area contributed by atoms with Crippen molar-refractivity contribution in [2.75, 3.05) is 47.5 Å². The van der Waals surface area contributed by atoms with Crippen molar-refractivity contribution in [2.45, 2.75) is 103 Å². The Kier molecular flexibility index (Phi) is 20.9. The molecule has 0 spiro atoms. The van der Waals surface area contributed by atoms with Gasteiger partial charge in [0.15, 0.2) is 6.10 Å². The van der Waals surface area contributed by atoms with Crippen LogP contribution in [0.25, 0.3) is 0 Å². The van der Waals surface area contributed by atoms with Gasteiger partial charge in [-0.2, -0.15) is 0 Å². The minimum atomic E-state index is -4.34. The molecule has 9 nitrogen and oxygen atoms in total. The van der Waals surface area contributed by atoms with Gasteiger partial charge in [0, 0.05) is 12.8 Å². The standard InChI is InChI=1S/C27H52NO8P/c1-6-8-10-11-12-13-14-15-16-18-20-27(30)36-25(23-33-26(29)19-17-9-7-2)24-35-37(31,32)34-22-21-28(3,4)5/h10-11,25H,6-9,12-24H2,1-5H3/p+1/b11-10-/t25-/m0/s1. The molecule has 0 bridgehead atoms. The molecular weight excluding hydrogens is 497 g/mol. The van der Waals surface area contributed by atoms with E-state index in [-0.39, 0.29) is 26.1 Å². The van der Waals surface area contributed by atoms with Crippen LogP contribution in [0.15, 0.2) is 12.2 Å². The van der Waals surface area contributed by atoms with Crippen LogP contribution in [0.5, 0.6) is 0 Å². The average Bonchev–Trinajstić information content (AvgIpc) is 2.81. The van der Waals surface area contributed by atoms with E-state index in [9.17, 15) is 19.0 Å². The molecule has 0 saturated heterocycles. The second-order valence-electron chi connectivity index (χ2n) is 10.4. The summed E-state index contributed by atoms with van der Waals surface area (Å²) in [6.45, 7) is 4.11. The van der Waals surface area contributed by atoms with Crippen molar-refractivity contribution in [2.24, 2.45) is 0 Å². The first-order valence-corrected chi connectivity index (χ1v) is 15.4. The molecule has 0 aromatic carbocycles. The van der Waals surface area contributed by atoms with Crippen LogP contribution >= 0.6 is 7.82 Å². The van der Waals surface area contributed by atoms with Crippen LogP contribution in [-0.4, -0.2) is 74.9 Å². The van der Waals surface area contributed by atoms with E-state index >= 15 is 0 Å². The summed E-state index contributed by atoms with van der Waals surface area (Å²) in [5, 5.41) is 0. The maximum atomic E-state index is 12.4. The number of allylic oxidation sites excluding steroid dienone is 2. The molecule has 1 N–H and O–H groups in total. The molecule has 1 unspecified atom stereocenters. The molecule has 0 aromatic heterocycles. The van der Waals surface area contributed by atoms with Crippen molar-refractivity contribution in [3.63, 3.8) is 0 Å². The lowest BCUT2D eigenvalue weighted by Crippen LogP contribution is -2.37. The maximum absolute atomic E-state index is 12.4. The summed E-state index contributed by atoms with van der Waals surface area (Å²) in [6, 6.07) is 0. The summed E-state index contributed by atoms with van der Waals surface area (Å²) in [5.41, 5.74) is 0. The normalized spacial score (nSPS) is 14.4. The highest BCUT2D eigenvalue weighted by Crippen LogP contribution is 2.43. The van der Waals surface area contributed by atoms with E-state index in [1.54, 1.807) is 0 Å². The second-order valence-corrected chi connectivity index (χ2v) is 11.9. The van der Waals surface area contributed by atoms with Crippen molar-refractivity contribution < 1.29 is 42.1 Å². The average molecular weight is 551 g/mol. The fraction of sp³-hybridized carbons (Fsp3) is 0.852. The van der Waals surface area contributed by atoms with E-state index in [4.69, 9.17) is 18.5 Å². The fourth-order valence-electron chi connectivity index (χ4n) is 3.25. The largest absolute Gasteiger partial charge is 0.472 e. The molecule has 0 saturated carbocycles. The number of carbonyl (C=O) groups is 2. The number of nitrogens with zero attached hydrogens (tertiary/aromatic N) is 1. The number of esters is 2. The van der Waals surface area contributed by atoms with Gasteiger partial charge in [-0.05, 0) is 32.1 Å². The number of hydrogen-bond acceptors (Lipinski definition) is 7. The zero-order valence-electron chi connectivity index (χ0n) is 24.0. The molecule has 0 fully saturated rings. The van der Waals surface area contributed by atoms with Crippen LogP contribution in [0.4, 0.5) is 0 Å². The van der Waals surface area contributed by atoms with E-state index in [1.165, 1.54) is 6.42 Å². The van der Waals surface area contributed by atoms with Crippen LogP contribution in [0.3, 0.4) is 0 Å². The summed E-state index contributed by atoms with van der Waals surface area (Å²) in [4.78, 5) is 34.3. The second kappa shape index (κ2) is 21.7.